The number of hydrogen-bond donors (Lipinski definition) is 0. The minimum Gasteiger partial charge on any atom is -0.271 e. The van der Waals surface area contributed by atoms with Gasteiger partial charge in [-0.15, -0.1) is 0 Å². The maximum Gasteiger partial charge on any atom is 0.258 e. The SMILES string of the molecule is C/C(=N/N1C(=O)CN(Cc2ccccc2)[C@H]1c1ccc(Cl)cc1)c1ccc(Cl)cc1. The summed E-state index contributed by atoms with van der Waals surface area (Å²) >= 11 is 12.1. The van der Waals surface area contributed by atoms with Crippen LogP contribution in [-0.2, 0) is 11.3 Å². The normalized spacial score (nSPS) is 17.6. The lowest BCUT2D eigenvalue weighted by Crippen LogP contribution is -2.29. The van der Waals surface area contributed by atoms with Gasteiger partial charge in [-0.05, 0) is 47.9 Å². The zero-order chi connectivity index (χ0) is 21.1. The lowest BCUT2D eigenvalue weighted by atomic mass is 10.1. The van der Waals surface area contributed by atoms with Crippen molar-refractivity contribution in [3.8, 4) is 0 Å². The Morgan fingerprint density at radius 2 is 1.53 bits per heavy atom. The number of benzene rings is 3. The summed E-state index contributed by atoms with van der Waals surface area (Å²) in [5.41, 5.74) is 3.78. The van der Waals surface area contributed by atoms with Crippen molar-refractivity contribution in [2.24, 2.45) is 5.10 Å². The number of carbonyl (C=O) groups excluding carboxylic acids is 1. The molecule has 4 rings (SSSR count). The van der Waals surface area contributed by atoms with E-state index in [9.17, 15) is 4.79 Å². The van der Waals surface area contributed by atoms with Gasteiger partial charge in [0, 0.05) is 16.6 Å². The number of rotatable bonds is 5. The van der Waals surface area contributed by atoms with Crippen LogP contribution in [0.3, 0.4) is 0 Å². The third-order valence-corrected chi connectivity index (χ3v) is 5.59. The molecule has 0 bridgehead atoms. The van der Waals surface area contributed by atoms with Crippen LogP contribution in [-0.4, -0.2) is 28.1 Å². The van der Waals surface area contributed by atoms with E-state index in [0.29, 0.717) is 23.1 Å². The minimum atomic E-state index is -0.308. The number of nitrogens with zero attached hydrogens (tertiary/aromatic N) is 3. The highest BCUT2D eigenvalue weighted by molar-refractivity contribution is 6.30. The Bertz CT molecular complexity index is 1050. The number of carbonyl (C=O) groups is 1. The van der Waals surface area contributed by atoms with Gasteiger partial charge in [-0.3, -0.25) is 9.69 Å². The first-order chi connectivity index (χ1) is 14.5. The van der Waals surface area contributed by atoms with Crippen molar-refractivity contribution < 1.29 is 4.79 Å². The van der Waals surface area contributed by atoms with Crippen LogP contribution in [0.4, 0.5) is 0 Å². The third kappa shape index (κ3) is 4.57. The number of hydrazone groups is 1. The van der Waals surface area contributed by atoms with Gasteiger partial charge in [0.25, 0.3) is 5.91 Å². The highest BCUT2D eigenvalue weighted by Crippen LogP contribution is 2.33. The summed E-state index contributed by atoms with van der Waals surface area (Å²) in [7, 11) is 0. The summed E-state index contributed by atoms with van der Waals surface area (Å²) in [6.45, 7) is 2.83. The van der Waals surface area contributed by atoms with Crippen LogP contribution in [0, 0.1) is 0 Å². The number of hydrogen-bond acceptors (Lipinski definition) is 3. The minimum absolute atomic E-state index is 0.0424. The molecule has 30 heavy (non-hydrogen) atoms. The molecule has 0 unspecified atom stereocenters. The summed E-state index contributed by atoms with van der Waals surface area (Å²) in [4.78, 5) is 15.1. The van der Waals surface area contributed by atoms with Gasteiger partial charge in [0.1, 0.15) is 6.17 Å². The van der Waals surface area contributed by atoms with Gasteiger partial charge in [0.2, 0.25) is 0 Å². The number of halogens is 2. The molecule has 0 aromatic heterocycles. The Hall–Kier alpha value is -2.66. The Labute approximate surface area is 186 Å². The molecule has 3 aromatic rings. The van der Waals surface area contributed by atoms with Crippen LogP contribution >= 0.6 is 23.2 Å². The smallest absolute Gasteiger partial charge is 0.258 e. The van der Waals surface area contributed by atoms with E-state index in [4.69, 9.17) is 28.3 Å². The maximum absolute atomic E-state index is 13.0. The fraction of sp³-hybridized carbons (Fsp3) is 0.167. The molecule has 0 saturated carbocycles. The van der Waals surface area contributed by atoms with Gasteiger partial charge in [-0.25, -0.2) is 5.01 Å². The average Bonchev–Trinajstić information content (AvgIpc) is 3.04. The summed E-state index contributed by atoms with van der Waals surface area (Å²) in [6, 6.07) is 25.2. The van der Waals surface area contributed by atoms with Gasteiger partial charge in [0.05, 0.1) is 12.3 Å². The van der Waals surface area contributed by atoms with Crippen LogP contribution < -0.4 is 0 Å². The molecule has 0 aliphatic carbocycles. The molecular formula is C24H21Cl2N3O. The number of amides is 1. The van der Waals surface area contributed by atoms with E-state index in [2.05, 4.69) is 17.0 Å². The lowest BCUT2D eigenvalue weighted by molar-refractivity contribution is -0.128. The molecule has 0 radical (unpaired) electrons. The highest BCUT2D eigenvalue weighted by Gasteiger charge is 2.39. The fourth-order valence-corrected chi connectivity index (χ4v) is 3.84. The second-order valence-electron chi connectivity index (χ2n) is 7.25. The average molecular weight is 438 g/mol. The molecule has 4 nitrogen and oxygen atoms in total. The van der Waals surface area contributed by atoms with E-state index in [1.54, 1.807) is 5.01 Å². The zero-order valence-corrected chi connectivity index (χ0v) is 18.0. The summed E-state index contributed by atoms with van der Waals surface area (Å²) in [6.07, 6.45) is -0.308. The summed E-state index contributed by atoms with van der Waals surface area (Å²) in [5.74, 6) is -0.0424. The molecule has 1 fully saturated rings. The molecule has 1 aliphatic rings. The summed E-state index contributed by atoms with van der Waals surface area (Å²) in [5, 5.41) is 7.61. The zero-order valence-electron chi connectivity index (χ0n) is 16.5. The molecule has 152 valence electrons. The first-order valence-electron chi connectivity index (χ1n) is 9.68. The van der Waals surface area contributed by atoms with Gasteiger partial charge >= 0.3 is 0 Å². The van der Waals surface area contributed by atoms with Crippen LogP contribution in [0.2, 0.25) is 10.0 Å². The van der Waals surface area contributed by atoms with Crippen molar-refractivity contribution >= 4 is 34.8 Å². The van der Waals surface area contributed by atoms with E-state index in [-0.39, 0.29) is 12.1 Å². The highest BCUT2D eigenvalue weighted by atomic mass is 35.5. The predicted molar refractivity (Wildman–Crippen MR) is 122 cm³/mol. The summed E-state index contributed by atoms with van der Waals surface area (Å²) < 4.78 is 0. The molecule has 0 spiro atoms. The third-order valence-electron chi connectivity index (χ3n) is 5.09. The first-order valence-corrected chi connectivity index (χ1v) is 10.4. The topological polar surface area (TPSA) is 35.9 Å². The molecule has 6 heteroatoms. The molecular weight excluding hydrogens is 417 g/mol. The van der Waals surface area contributed by atoms with Crippen LogP contribution in [0.25, 0.3) is 0 Å². The van der Waals surface area contributed by atoms with Crippen molar-refractivity contribution in [1.82, 2.24) is 9.91 Å². The quantitative estimate of drug-likeness (QED) is 0.475. The van der Waals surface area contributed by atoms with Crippen molar-refractivity contribution in [3.05, 3.63) is 106 Å². The van der Waals surface area contributed by atoms with Gasteiger partial charge in [-0.1, -0.05) is 77.8 Å². The van der Waals surface area contributed by atoms with E-state index < -0.39 is 0 Å². The monoisotopic (exact) mass is 437 g/mol. The van der Waals surface area contributed by atoms with Crippen molar-refractivity contribution in [2.45, 2.75) is 19.6 Å². The standard InChI is InChI=1S/C24H21Cl2N3O/c1-17(19-7-11-21(25)12-8-19)27-29-23(30)16-28(15-18-5-3-2-4-6-18)24(29)20-9-13-22(26)14-10-20/h2-14,24H,15-16H2,1H3/b27-17-/t24-/m1/s1. The van der Waals surface area contributed by atoms with E-state index in [1.165, 1.54) is 0 Å². The second-order valence-corrected chi connectivity index (χ2v) is 8.12. The Morgan fingerprint density at radius 1 is 0.933 bits per heavy atom. The fourth-order valence-electron chi connectivity index (χ4n) is 3.59. The predicted octanol–water partition coefficient (Wildman–Crippen LogP) is 5.76. The molecule has 1 amide bonds. The molecule has 3 aromatic carbocycles. The lowest BCUT2D eigenvalue weighted by Gasteiger charge is -2.28. The molecule has 1 atom stereocenters. The largest absolute Gasteiger partial charge is 0.271 e. The van der Waals surface area contributed by atoms with Crippen LogP contribution in [0.1, 0.15) is 29.8 Å². The molecule has 1 heterocycles. The maximum atomic E-state index is 13.0. The van der Waals surface area contributed by atoms with E-state index >= 15 is 0 Å². The Morgan fingerprint density at radius 3 is 2.17 bits per heavy atom. The Kier molecular flexibility index (Phi) is 6.18. The van der Waals surface area contributed by atoms with Gasteiger partial charge in [0.15, 0.2) is 0 Å². The molecule has 1 saturated heterocycles. The van der Waals surface area contributed by atoms with Crippen molar-refractivity contribution in [1.29, 1.82) is 0 Å². The van der Waals surface area contributed by atoms with E-state index in [1.807, 2.05) is 73.7 Å². The molecule has 1 aliphatic heterocycles. The second kappa shape index (κ2) is 9.00. The van der Waals surface area contributed by atoms with Crippen LogP contribution in [0.5, 0.6) is 0 Å². The van der Waals surface area contributed by atoms with Crippen molar-refractivity contribution in [2.75, 3.05) is 6.54 Å². The first kappa shape index (κ1) is 20.6. The van der Waals surface area contributed by atoms with Crippen LogP contribution in [0.15, 0.2) is 84.0 Å². The Balaban J connectivity index is 1.69. The van der Waals surface area contributed by atoms with Crippen molar-refractivity contribution in [3.63, 3.8) is 0 Å². The van der Waals surface area contributed by atoms with Gasteiger partial charge in [-0.2, -0.15) is 5.10 Å². The molecule has 0 N–H and O–H groups in total. The van der Waals surface area contributed by atoms with Gasteiger partial charge < -0.3 is 0 Å². The van der Waals surface area contributed by atoms with E-state index in [0.717, 1.165) is 22.4 Å².